The molecule has 1 N–H and O–H groups in total. The van der Waals surface area contributed by atoms with Crippen molar-refractivity contribution in [3.8, 4) is 0 Å². The molecular weight excluding hydrogens is 432 g/mol. The van der Waals surface area contributed by atoms with Gasteiger partial charge in [0.2, 0.25) is 5.91 Å². The highest BCUT2D eigenvalue weighted by molar-refractivity contribution is 5.78. The van der Waals surface area contributed by atoms with Gasteiger partial charge < -0.3 is 15.1 Å². The van der Waals surface area contributed by atoms with E-state index in [4.69, 9.17) is 0 Å². The molecule has 2 aromatic heterocycles. The minimum absolute atomic E-state index is 0.212. The van der Waals surface area contributed by atoms with Gasteiger partial charge in [-0.05, 0) is 44.6 Å². The molecule has 0 radical (unpaired) electrons. The fraction of sp³-hybridized carbons (Fsp3) is 0.440. The molecule has 1 aliphatic rings. The van der Waals surface area contributed by atoms with Crippen LogP contribution in [0.25, 0.3) is 11.2 Å². The van der Waals surface area contributed by atoms with Crippen LogP contribution < -0.4 is 16.4 Å². The van der Waals surface area contributed by atoms with Gasteiger partial charge in [0.15, 0.2) is 5.65 Å². The van der Waals surface area contributed by atoms with Crippen LogP contribution in [0.15, 0.2) is 52.2 Å². The molecule has 0 bridgehead atoms. The summed E-state index contributed by atoms with van der Waals surface area (Å²) in [5, 5.41) is 2.89. The predicted octanol–water partition coefficient (Wildman–Crippen LogP) is 0.669. The lowest BCUT2D eigenvalue weighted by atomic mass is 10.1. The number of benzene rings is 1. The summed E-state index contributed by atoms with van der Waals surface area (Å²) in [6, 6.07) is 11.2. The summed E-state index contributed by atoms with van der Waals surface area (Å²) in [6.07, 6.45) is 2.42. The van der Waals surface area contributed by atoms with E-state index in [1.54, 1.807) is 18.3 Å². The lowest BCUT2D eigenvalue weighted by Gasteiger charge is -2.32. The maximum atomic E-state index is 13.0. The zero-order valence-corrected chi connectivity index (χ0v) is 19.9. The standard InChI is InChI=1S/C25H32N6O3/c1-19-6-8-20(9-7-19)17-31-23-21(5-3-10-27-23)30(24(33)25(31)34)18-22(32)26-11-4-12-29-15-13-28(2)14-16-29/h3,5-10H,4,11-18H2,1-2H3,(H,26,32). The van der Waals surface area contributed by atoms with Gasteiger partial charge in [-0.25, -0.2) is 4.98 Å². The molecule has 0 atom stereocenters. The van der Waals surface area contributed by atoms with Gasteiger partial charge in [-0.1, -0.05) is 29.8 Å². The first-order valence-electron chi connectivity index (χ1n) is 11.7. The first kappa shape index (κ1) is 23.8. The number of piperazine rings is 1. The van der Waals surface area contributed by atoms with E-state index in [1.807, 2.05) is 31.2 Å². The summed E-state index contributed by atoms with van der Waals surface area (Å²) in [7, 11) is 2.12. The highest BCUT2D eigenvalue weighted by atomic mass is 16.2. The van der Waals surface area contributed by atoms with Gasteiger partial charge in [0.05, 0.1) is 12.1 Å². The molecular formula is C25H32N6O3. The average molecular weight is 465 g/mol. The van der Waals surface area contributed by atoms with Crippen LogP contribution in [0.5, 0.6) is 0 Å². The van der Waals surface area contributed by atoms with Gasteiger partial charge in [0.25, 0.3) is 0 Å². The van der Waals surface area contributed by atoms with E-state index < -0.39 is 11.1 Å². The third-order valence-electron chi connectivity index (χ3n) is 6.32. The molecule has 9 heteroatoms. The van der Waals surface area contributed by atoms with E-state index in [0.717, 1.165) is 50.3 Å². The molecule has 1 aromatic carbocycles. The number of fused-ring (bicyclic) bond motifs is 1. The number of nitrogens with zero attached hydrogens (tertiary/aromatic N) is 5. The second kappa shape index (κ2) is 10.8. The van der Waals surface area contributed by atoms with Crippen LogP contribution in [0.1, 0.15) is 17.5 Å². The number of nitrogens with one attached hydrogen (secondary N) is 1. The first-order chi connectivity index (χ1) is 16.4. The largest absolute Gasteiger partial charge is 0.355 e. The van der Waals surface area contributed by atoms with E-state index in [1.165, 1.54) is 9.13 Å². The van der Waals surface area contributed by atoms with E-state index in [-0.39, 0.29) is 19.0 Å². The van der Waals surface area contributed by atoms with E-state index >= 15 is 0 Å². The van der Waals surface area contributed by atoms with Crippen molar-refractivity contribution in [3.63, 3.8) is 0 Å². The summed E-state index contributed by atoms with van der Waals surface area (Å²) in [6.45, 7) is 7.67. The van der Waals surface area contributed by atoms with Crippen molar-refractivity contribution in [2.45, 2.75) is 26.4 Å². The van der Waals surface area contributed by atoms with Crippen molar-refractivity contribution in [1.82, 2.24) is 29.2 Å². The fourth-order valence-electron chi connectivity index (χ4n) is 4.22. The smallest absolute Gasteiger partial charge is 0.318 e. The maximum absolute atomic E-state index is 13.0. The summed E-state index contributed by atoms with van der Waals surface area (Å²) in [5.74, 6) is -0.290. The van der Waals surface area contributed by atoms with Gasteiger partial charge in [-0.2, -0.15) is 0 Å². The Balaban J connectivity index is 1.46. The molecule has 0 saturated carbocycles. The van der Waals surface area contributed by atoms with Gasteiger partial charge in [-0.15, -0.1) is 0 Å². The summed E-state index contributed by atoms with van der Waals surface area (Å²) in [5.41, 5.74) is 1.45. The molecule has 1 amide bonds. The van der Waals surface area contributed by atoms with Crippen LogP contribution in [-0.4, -0.2) is 76.1 Å². The molecule has 3 heterocycles. The number of rotatable bonds is 8. The number of likely N-dealkylation sites (N-methyl/N-ethyl adjacent to an activating group) is 1. The molecule has 1 fully saturated rings. The second-order valence-corrected chi connectivity index (χ2v) is 8.96. The number of aryl methyl sites for hydroxylation is 1. The molecule has 180 valence electrons. The van der Waals surface area contributed by atoms with Gasteiger partial charge in [-0.3, -0.25) is 23.5 Å². The first-order valence-corrected chi connectivity index (χ1v) is 11.7. The summed E-state index contributed by atoms with van der Waals surface area (Å²) < 4.78 is 2.61. The minimum Gasteiger partial charge on any atom is -0.355 e. The van der Waals surface area contributed by atoms with Crippen LogP contribution in [0.4, 0.5) is 0 Å². The van der Waals surface area contributed by atoms with Crippen LogP contribution in [-0.2, 0) is 17.9 Å². The lowest BCUT2D eigenvalue weighted by Crippen LogP contribution is -2.45. The van der Waals surface area contributed by atoms with Crippen LogP contribution in [0.2, 0.25) is 0 Å². The number of aromatic nitrogens is 3. The summed E-state index contributed by atoms with van der Waals surface area (Å²) >= 11 is 0. The molecule has 0 unspecified atom stereocenters. The average Bonchev–Trinajstić information content (AvgIpc) is 2.84. The van der Waals surface area contributed by atoms with Crippen molar-refractivity contribution in [1.29, 1.82) is 0 Å². The highest BCUT2D eigenvalue weighted by Crippen LogP contribution is 2.11. The molecule has 9 nitrogen and oxygen atoms in total. The number of carbonyl (C=O) groups excluding carboxylic acids is 1. The second-order valence-electron chi connectivity index (χ2n) is 8.96. The minimum atomic E-state index is -0.722. The molecule has 34 heavy (non-hydrogen) atoms. The quantitative estimate of drug-likeness (QED) is 0.389. The Morgan fingerprint density at radius 3 is 2.44 bits per heavy atom. The molecule has 0 aliphatic carbocycles. The Kier molecular flexibility index (Phi) is 7.54. The van der Waals surface area contributed by atoms with Crippen molar-refractivity contribution in [2.75, 3.05) is 46.3 Å². The Bertz CT molecular complexity index is 1260. The van der Waals surface area contributed by atoms with E-state index in [9.17, 15) is 14.4 Å². The Morgan fingerprint density at radius 1 is 1.00 bits per heavy atom. The monoisotopic (exact) mass is 464 g/mol. The maximum Gasteiger partial charge on any atom is 0.318 e. The highest BCUT2D eigenvalue weighted by Gasteiger charge is 2.17. The zero-order chi connectivity index (χ0) is 24.1. The van der Waals surface area contributed by atoms with Gasteiger partial charge in [0.1, 0.15) is 6.54 Å². The molecule has 0 spiro atoms. The number of hydrogen-bond donors (Lipinski definition) is 1. The number of amides is 1. The van der Waals surface area contributed by atoms with Crippen LogP contribution >= 0.6 is 0 Å². The van der Waals surface area contributed by atoms with Crippen molar-refractivity contribution < 1.29 is 4.79 Å². The number of pyridine rings is 1. The van der Waals surface area contributed by atoms with Crippen molar-refractivity contribution in [2.24, 2.45) is 0 Å². The third kappa shape index (κ3) is 5.60. The number of hydrogen-bond acceptors (Lipinski definition) is 6. The molecule has 1 aliphatic heterocycles. The van der Waals surface area contributed by atoms with Crippen molar-refractivity contribution in [3.05, 3.63) is 74.4 Å². The lowest BCUT2D eigenvalue weighted by molar-refractivity contribution is -0.121. The van der Waals surface area contributed by atoms with Gasteiger partial charge in [0, 0.05) is 38.9 Å². The molecule has 4 rings (SSSR count). The topological polar surface area (TPSA) is 92.5 Å². The third-order valence-corrected chi connectivity index (χ3v) is 6.32. The normalized spacial score (nSPS) is 15.0. The van der Waals surface area contributed by atoms with E-state index in [0.29, 0.717) is 17.7 Å². The predicted molar refractivity (Wildman–Crippen MR) is 132 cm³/mol. The molecule has 1 saturated heterocycles. The Labute approximate surface area is 198 Å². The SMILES string of the molecule is Cc1ccc(Cn2c(=O)c(=O)n(CC(=O)NCCCN3CCN(C)CC3)c3cccnc32)cc1. The molecule has 3 aromatic rings. The fourth-order valence-corrected chi connectivity index (χ4v) is 4.22. The van der Waals surface area contributed by atoms with E-state index in [2.05, 4.69) is 27.1 Å². The van der Waals surface area contributed by atoms with Gasteiger partial charge >= 0.3 is 11.1 Å². The summed E-state index contributed by atoms with van der Waals surface area (Å²) in [4.78, 5) is 47.6. The Hall–Kier alpha value is -3.30. The van der Waals surface area contributed by atoms with Crippen LogP contribution in [0.3, 0.4) is 0 Å². The van der Waals surface area contributed by atoms with Crippen LogP contribution in [0, 0.1) is 6.92 Å². The Morgan fingerprint density at radius 2 is 1.71 bits per heavy atom. The zero-order valence-electron chi connectivity index (χ0n) is 19.9. The van der Waals surface area contributed by atoms with Crippen molar-refractivity contribution >= 4 is 17.1 Å². The number of carbonyl (C=O) groups is 1.